The van der Waals surface area contributed by atoms with Gasteiger partial charge in [-0.2, -0.15) is 4.98 Å². The highest BCUT2D eigenvalue weighted by molar-refractivity contribution is 5.89. The Balaban J connectivity index is 1.49. The van der Waals surface area contributed by atoms with E-state index in [9.17, 15) is 9.59 Å². The number of carbonyl (C=O) groups is 2. The molecular weight excluding hydrogens is 386 g/mol. The van der Waals surface area contributed by atoms with E-state index in [2.05, 4.69) is 24.0 Å². The van der Waals surface area contributed by atoms with Crippen LogP contribution in [0.5, 0.6) is 5.75 Å². The van der Waals surface area contributed by atoms with Crippen LogP contribution in [-0.4, -0.2) is 45.6 Å². The topological polar surface area (TPSA) is 94.8 Å². The molecule has 2 aromatic rings. The molecule has 0 aliphatic carbocycles. The fourth-order valence-corrected chi connectivity index (χ4v) is 3.59. The van der Waals surface area contributed by atoms with Crippen LogP contribution in [-0.2, 0) is 16.1 Å². The summed E-state index contributed by atoms with van der Waals surface area (Å²) in [6, 6.07) is 6.96. The van der Waals surface area contributed by atoms with Gasteiger partial charge in [0.1, 0.15) is 5.75 Å². The number of likely N-dealkylation sites (tertiary alicyclic amines) is 1. The van der Waals surface area contributed by atoms with Crippen LogP contribution in [0.2, 0.25) is 0 Å². The number of ether oxygens (including phenoxy) is 2. The summed E-state index contributed by atoms with van der Waals surface area (Å²) in [6.07, 6.45) is 3.19. The molecule has 1 amide bonds. The van der Waals surface area contributed by atoms with Crippen molar-refractivity contribution < 1.29 is 23.6 Å². The molecule has 0 saturated carbocycles. The first-order chi connectivity index (χ1) is 14.3. The molecule has 0 N–H and O–H groups in total. The van der Waals surface area contributed by atoms with Gasteiger partial charge in [0.2, 0.25) is 0 Å². The molecule has 2 heterocycles. The summed E-state index contributed by atoms with van der Waals surface area (Å²) in [4.78, 5) is 30.8. The number of esters is 1. The maximum Gasteiger partial charge on any atom is 0.338 e. The maximum atomic E-state index is 12.5. The Morgan fingerprint density at radius 2 is 1.83 bits per heavy atom. The Hall–Kier alpha value is -2.90. The van der Waals surface area contributed by atoms with E-state index in [0.29, 0.717) is 17.1 Å². The van der Waals surface area contributed by atoms with Gasteiger partial charge in [-0.3, -0.25) is 4.79 Å². The highest BCUT2D eigenvalue weighted by atomic mass is 16.6. The van der Waals surface area contributed by atoms with Gasteiger partial charge in [0.15, 0.2) is 19.0 Å². The first-order valence-electron chi connectivity index (χ1n) is 10.4. The van der Waals surface area contributed by atoms with Gasteiger partial charge >= 0.3 is 5.97 Å². The first-order valence-corrected chi connectivity index (χ1v) is 10.4. The van der Waals surface area contributed by atoms with Gasteiger partial charge in [-0.25, -0.2) is 4.79 Å². The van der Waals surface area contributed by atoms with Crippen molar-refractivity contribution in [2.24, 2.45) is 0 Å². The number of hydrogen-bond donors (Lipinski definition) is 0. The van der Waals surface area contributed by atoms with E-state index in [1.54, 1.807) is 24.3 Å². The van der Waals surface area contributed by atoms with E-state index in [1.807, 2.05) is 18.7 Å². The lowest BCUT2D eigenvalue weighted by Crippen LogP contribution is -2.49. The van der Waals surface area contributed by atoms with Crippen molar-refractivity contribution in [1.29, 1.82) is 0 Å². The molecule has 0 spiro atoms. The van der Waals surface area contributed by atoms with Gasteiger partial charge in [-0.05, 0) is 57.4 Å². The minimum atomic E-state index is -0.502. The minimum Gasteiger partial charge on any atom is -0.484 e. The summed E-state index contributed by atoms with van der Waals surface area (Å²) in [5.41, 5.74) is 0.371. The van der Waals surface area contributed by atoms with E-state index < -0.39 is 5.97 Å². The van der Waals surface area contributed by atoms with Crippen molar-refractivity contribution in [3.8, 4) is 5.75 Å². The molecule has 1 aromatic carbocycles. The van der Waals surface area contributed by atoms with Crippen molar-refractivity contribution in [1.82, 2.24) is 15.0 Å². The van der Waals surface area contributed by atoms with Gasteiger partial charge < -0.3 is 18.9 Å². The van der Waals surface area contributed by atoms with Crippen LogP contribution in [0, 0.1) is 0 Å². The van der Waals surface area contributed by atoms with E-state index >= 15 is 0 Å². The second kappa shape index (κ2) is 9.73. The van der Waals surface area contributed by atoms with Gasteiger partial charge in [0, 0.05) is 18.0 Å². The number of piperidine rings is 1. The summed E-state index contributed by atoms with van der Waals surface area (Å²) in [7, 11) is 0. The third kappa shape index (κ3) is 5.37. The Morgan fingerprint density at radius 3 is 2.43 bits per heavy atom. The second-order valence-electron chi connectivity index (χ2n) is 8.02. The van der Waals surface area contributed by atoms with Crippen LogP contribution in [0.3, 0.4) is 0 Å². The lowest BCUT2D eigenvalue weighted by molar-refractivity contribution is -0.139. The summed E-state index contributed by atoms with van der Waals surface area (Å²) in [5.74, 6) is 0.975. The van der Waals surface area contributed by atoms with Crippen molar-refractivity contribution >= 4 is 11.9 Å². The van der Waals surface area contributed by atoms with Crippen LogP contribution in [0.1, 0.15) is 74.9 Å². The van der Waals surface area contributed by atoms with Crippen LogP contribution in [0.25, 0.3) is 0 Å². The normalized spacial score (nSPS) is 19.0. The zero-order valence-corrected chi connectivity index (χ0v) is 18.0. The Bertz CT molecular complexity index is 852. The van der Waals surface area contributed by atoms with Crippen LogP contribution < -0.4 is 4.74 Å². The highest BCUT2D eigenvalue weighted by Gasteiger charge is 2.29. The molecule has 2 atom stereocenters. The van der Waals surface area contributed by atoms with E-state index in [0.717, 1.165) is 19.3 Å². The molecule has 0 bridgehead atoms. The summed E-state index contributed by atoms with van der Waals surface area (Å²) in [5, 5.41) is 3.83. The fourth-order valence-electron chi connectivity index (χ4n) is 3.59. The smallest absolute Gasteiger partial charge is 0.338 e. The lowest BCUT2D eigenvalue weighted by Gasteiger charge is -2.38. The third-order valence-corrected chi connectivity index (χ3v) is 5.26. The number of aromatic nitrogens is 2. The van der Waals surface area contributed by atoms with Gasteiger partial charge in [0.05, 0.1) is 5.56 Å². The van der Waals surface area contributed by atoms with Crippen molar-refractivity contribution in [3.05, 3.63) is 41.5 Å². The molecule has 8 heteroatoms. The number of carbonyl (C=O) groups excluding carboxylic acids is 2. The molecule has 8 nitrogen and oxygen atoms in total. The molecule has 3 rings (SSSR count). The molecule has 2 unspecified atom stereocenters. The van der Waals surface area contributed by atoms with E-state index in [-0.39, 0.29) is 43.0 Å². The van der Waals surface area contributed by atoms with E-state index in [1.165, 1.54) is 0 Å². The Kier molecular flexibility index (Phi) is 7.07. The SMILES string of the molecule is CC(C)c1noc(COC(=O)c2ccc(OCC(=O)N3C(C)CCCC3C)cc2)n1. The van der Waals surface area contributed by atoms with Crippen LogP contribution in [0.15, 0.2) is 28.8 Å². The predicted octanol–water partition coefficient (Wildman–Crippen LogP) is 3.72. The largest absolute Gasteiger partial charge is 0.484 e. The van der Waals surface area contributed by atoms with Gasteiger partial charge in [-0.15, -0.1) is 0 Å². The van der Waals surface area contributed by atoms with Crippen molar-refractivity contribution in [2.45, 2.75) is 71.6 Å². The van der Waals surface area contributed by atoms with Crippen molar-refractivity contribution in [3.63, 3.8) is 0 Å². The minimum absolute atomic E-state index is 0.0153. The van der Waals surface area contributed by atoms with E-state index in [4.69, 9.17) is 14.0 Å². The zero-order chi connectivity index (χ0) is 21.7. The van der Waals surface area contributed by atoms with Crippen LogP contribution >= 0.6 is 0 Å². The Labute approximate surface area is 176 Å². The van der Waals surface area contributed by atoms with Gasteiger partial charge in [0.25, 0.3) is 11.8 Å². The summed E-state index contributed by atoms with van der Waals surface area (Å²) >= 11 is 0. The number of hydrogen-bond acceptors (Lipinski definition) is 7. The Morgan fingerprint density at radius 1 is 1.17 bits per heavy atom. The molecule has 1 saturated heterocycles. The van der Waals surface area contributed by atoms with Crippen molar-refractivity contribution in [2.75, 3.05) is 6.61 Å². The first kappa shape index (κ1) is 21.8. The second-order valence-corrected chi connectivity index (χ2v) is 8.02. The number of benzene rings is 1. The quantitative estimate of drug-likeness (QED) is 0.636. The molecule has 1 aromatic heterocycles. The molecule has 1 aliphatic heterocycles. The molecule has 30 heavy (non-hydrogen) atoms. The molecule has 162 valence electrons. The third-order valence-electron chi connectivity index (χ3n) is 5.26. The van der Waals surface area contributed by atoms with Crippen LogP contribution in [0.4, 0.5) is 0 Å². The summed E-state index contributed by atoms with van der Waals surface area (Å²) < 4.78 is 15.9. The van der Waals surface area contributed by atoms with Gasteiger partial charge in [-0.1, -0.05) is 19.0 Å². The maximum absolute atomic E-state index is 12.5. The fraction of sp³-hybridized carbons (Fsp3) is 0.545. The number of nitrogens with zero attached hydrogens (tertiary/aromatic N) is 3. The standard InChI is InChI=1S/C22H29N3O5/c1-14(2)21-23-19(30-24-21)12-29-22(27)17-8-10-18(11-9-17)28-13-20(26)25-15(3)6-5-7-16(25)4/h8-11,14-16H,5-7,12-13H2,1-4H3. The number of amides is 1. The lowest BCUT2D eigenvalue weighted by atomic mass is 9.97. The zero-order valence-electron chi connectivity index (χ0n) is 18.0. The average molecular weight is 415 g/mol. The average Bonchev–Trinajstić information content (AvgIpc) is 3.20. The number of rotatable bonds is 7. The molecular formula is C22H29N3O5. The highest BCUT2D eigenvalue weighted by Crippen LogP contribution is 2.23. The molecule has 0 radical (unpaired) electrons. The molecule has 1 fully saturated rings. The molecule has 1 aliphatic rings. The monoisotopic (exact) mass is 415 g/mol. The predicted molar refractivity (Wildman–Crippen MR) is 109 cm³/mol. The summed E-state index contributed by atoms with van der Waals surface area (Å²) in [6.45, 7) is 7.94.